The molecule has 126 valence electrons. The van der Waals surface area contributed by atoms with E-state index in [1.807, 2.05) is 0 Å². The predicted molar refractivity (Wildman–Crippen MR) is 74.7 cm³/mol. The van der Waals surface area contributed by atoms with Crippen LogP contribution in [0.4, 0.5) is 5.82 Å². The minimum Gasteiger partial charge on any atom is -0.387 e. The summed E-state index contributed by atoms with van der Waals surface area (Å²) in [4.78, 5) is 11.8. The summed E-state index contributed by atoms with van der Waals surface area (Å²) < 4.78 is 32.8. The minimum absolute atomic E-state index is 0.149. The number of aliphatic hydroxyl groups is 2. The van der Waals surface area contributed by atoms with Crippen LogP contribution in [0.3, 0.4) is 0 Å². The average molecular weight is 346 g/mol. The summed E-state index contributed by atoms with van der Waals surface area (Å²) in [5.74, 6) is 0.149. The van der Waals surface area contributed by atoms with Gasteiger partial charge in [-0.25, -0.2) is 20.1 Å². The first-order valence-electron chi connectivity index (χ1n) is 6.39. The molecule has 0 saturated carbocycles. The molecule has 0 spiro atoms. The van der Waals surface area contributed by atoms with Gasteiger partial charge >= 0.3 is 10.3 Å². The first-order chi connectivity index (χ1) is 10.8. The van der Waals surface area contributed by atoms with Crippen molar-refractivity contribution in [2.45, 2.75) is 24.5 Å². The van der Waals surface area contributed by atoms with Crippen LogP contribution in [0.25, 0.3) is 11.2 Å². The maximum Gasteiger partial charge on any atom is 0.333 e. The predicted octanol–water partition coefficient (Wildman–Crippen LogP) is -2.75. The number of nitrogens with two attached hydrogens (primary N) is 2. The van der Waals surface area contributed by atoms with Crippen molar-refractivity contribution in [3.63, 3.8) is 0 Å². The highest BCUT2D eigenvalue weighted by Crippen LogP contribution is 2.32. The highest BCUT2D eigenvalue weighted by Gasteiger charge is 2.44. The second-order valence-electron chi connectivity index (χ2n) is 4.91. The van der Waals surface area contributed by atoms with E-state index >= 15 is 0 Å². The Labute approximate surface area is 129 Å². The lowest BCUT2D eigenvalue weighted by Crippen LogP contribution is -2.35. The maximum atomic E-state index is 10.8. The van der Waals surface area contributed by atoms with Crippen molar-refractivity contribution in [1.82, 2.24) is 19.5 Å². The van der Waals surface area contributed by atoms with Crippen LogP contribution < -0.4 is 10.9 Å². The van der Waals surface area contributed by atoms with Gasteiger partial charge in [0.25, 0.3) is 0 Å². The molecule has 23 heavy (non-hydrogen) atoms. The van der Waals surface area contributed by atoms with Crippen molar-refractivity contribution in [3.05, 3.63) is 12.7 Å². The highest BCUT2D eigenvalue weighted by molar-refractivity contribution is 7.84. The fourth-order valence-corrected chi connectivity index (χ4v) is 2.64. The Hall–Kier alpha value is -1.90. The number of imidazole rings is 1. The molecular formula is C10H14N6O6S. The van der Waals surface area contributed by atoms with E-state index in [4.69, 9.17) is 15.6 Å². The lowest BCUT2D eigenvalue weighted by atomic mass is 10.1. The van der Waals surface area contributed by atoms with Crippen LogP contribution in [0, 0.1) is 0 Å². The Bertz CT molecular complexity index is 824. The summed E-state index contributed by atoms with van der Waals surface area (Å²) in [7, 11) is -4.19. The third kappa shape index (κ3) is 2.97. The number of hydrogen-bond donors (Lipinski definition) is 4. The smallest absolute Gasteiger partial charge is 0.333 e. The first kappa shape index (κ1) is 16.0. The van der Waals surface area contributed by atoms with Gasteiger partial charge in [-0.05, 0) is 0 Å². The quantitative estimate of drug-likeness (QED) is 0.451. The Balaban J connectivity index is 1.86. The van der Waals surface area contributed by atoms with E-state index in [0.717, 1.165) is 0 Å². The van der Waals surface area contributed by atoms with E-state index in [0.29, 0.717) is 11.2 Å². The summed E-state index contributed by atoms with van der Waals surface area (Å²) in [6.45, 7) is -0.544. The van der Waals surface area contributed by atoms with Gasteiger partial charge in [0, 0.05) is 0 Å². The zero-order valence-electron chi connectivity index (χ0n) is 11.6. The van der Waals surface area contributed by atoms with Crippen molar-refractivity contribution in [2.75, 3.05) is 12.3 Å². The number of rotatable bonds is 4. The Morgan fingerprint density at radius 2 is 2.04 bits per heavy atom. The summed E-state index contributed by atoms with van der Waals surface area (Å²) in [6, 6.07) is 0. The second-order valence-corrected chi connectivity index (χ2v) is 6.13. The molecule has 1 aliphatic rings. The number of hydrogen-bond acceptors (Lipinski definition) is 10. The molecule has 0 unspecified atom stereocenters. The van der Waals surface area contributed by atoms with Crippen molar-refractivity contribution < 1.29 is 27.6 Å². The van der Waals surface area contributed by atoms with Crippen molar-refractivity contribution in [3.8, 4) is 0 Å². The van der Waals surface area contributed by atoms with E-state index in [1.165, 1.54) is 17.2 Å². The van der Waals surface area contributed by atoms with Gasteiger partial charge in [-0.3, -0.25) is 8.75 Å². The fourth-order valence-electron chi connectivity index (χ4n) is 2.31. The topological polar surface area (TPSA) is 189 Å². The number of nitrogen functional groups attached to an aromatic ring is 1. The van der Waals surface area contributed by atoms with Crippen molar-refractivity contribution >= 4 is 27.3 Å². The molecule has 0 aromatic carbocycles. The van der Waals surface area contributed by atoms with E-state index in [-0.39, 0.29) is 5.82 Å². The van der Waals surface area contributed by atoms with E-state index in [2.05, 4.69) is 19.1 Å². The fraction of sp³-hybridized carbons (Fsp3) is 0.500. The molecule has 12 nitrogen and oxygen atoms in total. The van der Waals surface area contributed by atoms with Gasteiger partial charge in [-0.2, -0.15) is 8.42 Å². The number of ether oxygens (including phenoxy) is 1. The molecule has 0 bridgehead atoms. The molecule has 13 heteroatoms. The molecular weight excluding hydrogens is 332 g/mol. The van der Waals surface area contributed by atoms with Crippen LogP contribution in [0.1, 0.15) is 6.23 Å². The van der Waals surface area contributed by atoms with Gasteiger partial charge < -0.3 is 20.7 Å². The van der Waals surface area contributed by atoms with Gasteiger partial charge in [-0.15, -0.1) is 0 Å². The summed E-state index contributed by atoms with van der Waals surface area (Å²) >= 11 is 0. The standard InChI is InChI=1S/C10H14N6O6S/c11-8-5-9(14-2-13-8)16(3-15-5)10-7(18)6(17)4(22-10)1-21-23(12,19)20/h2-4,6-7,10,17-18H,1H2,(H2,11,13,14)(H2,12,19,20)/t4-,6-,7-,10-/m0/s1. The summed E-state index contributed by atoms with van der Waals surface area (Å²) in [5.41, 5.74) is 6.27. The van der Waals surface area contributed by atoms with Gasteiger partial charge in [0.15, 0.2) is 17.7 Å². The SMILES string of the molecule is Nc1ncnc2c1ncn2[C@H]1O[C@@H](COS(N)(=O)=O)[C@H](O)[C@@H]1O. The third-order valence-electron chi connectivity index (χ3n) is 3.40. The molecule has 1 saturated heterocycles. The molecule has 2 aromatic rings. The molecule has 0 aliphatic carbocycles. The lowest BCUT2D eigenvalue weighted by Gasteiger charge is -2.16. The Morgan fingerprint density at radius 3 is 2.74 bits per heavy atom. The zero-order valence-corrected chi connectivity index (χ0v) is 12.4. The Morgan fingerprint density at radius 1 is 1.30 bits per heavy atom. The van der Waals surface area contributed by atoms with Crippen LogP contribution in [-0.2, 0) is 19.2 Å². The second kappa shape index (κ2) is 5.63. The van der Waals surface area contributed by atoms with Crippen molar-refractivity contribution in [2.24, 2.45) is 5.14 Å². The maximum absolute atomic E-state index is 10.8. The molecule has 4 atom stereocenters. The Kier molecular flexibility index (Phi) is 3.91. The van der Waals surface area contributed by atoms with Gasteiger partial charge in [0.1, 0.15) is 30.2 Å². The van der Waals surface area contributed by atoms with Crippen LogP contribution in [-0.4, -0.2) is 63.1 Å². The van der Waals surface area contributed by atoms with E-state index < -0.39 is 41.5 Å². The molecule has 1 fully saturated rings. The lowest BCUT2D eigenvalue weighted by molar-refractivity contribution is -0.0467. The van der Waals surface area contributed by atoms with Crippen LogP contribution in [0.2, 0.25) is 0 Å². The van der Waals surface area contributed by atoms with Gasteiger partial charge in [0.05, 0.1) is 12.9 Å². The first-order valence-corrected chi connectivity index (χ1v) is 7.87. The molecule has 1 aliphatic heterocycles. The van der Waals surface area contributed by atoms with E-state index in [1.54, 1.807) is 0 Å². The van der Waals surface area contributed by atoms with E-state index in [9.17, 15) is 18.6 Å². The average Bonchev–Trinajstić information content (AvgIpc) is 3.01. The number of fused-ring (bicyclic) bond motifs is 1. The number of anilines is 1. The van der Waals surface area contributed by atoms with Crippen LogP contribution in [0.15, 0.2) is 12.7 Å². The summed E-state index contributed by atoms with van der Waals surface area (Å²) in [6.07, 6.45) is -2.38. The third-order valence-corrected chi connectivity index (χ3v) is 3.86. The van der Waals surface area contributed by atoms with Crippen LogP contribution in [0.5, 0.6) is 0 Å². The molecule has 0 radical (unpaired) electrons. The number of nitrogens with zero attached hydrogens (tertiary/aromatic N) is 4. The monoisotopic (exact) mass is 346 g/mol. The normalized spacial score (nSPS) is 28.5. The number of aromatic nitrogens is 4. The highest BCUT2D eigenvalue weighted by atomic mass is 32.2. The largest absolute Gasteiger partial charge is 0.387 e. The molecule has 0 amide bonds. The molecule has 3 rings (SSSR count). The minimum atomic E-state index is -4.19. The van der Waals surface area contributed by atoms with Crippen LogP contribution >= 0.6 is 0 Å². The van der Waals surface area contributed by atoms with Gasteiger partial charge in [0.2, 0.25) is 0 Å². The number of aliphatic hydroxyl groups excluding tert-OH is 2. The summed E-state index contributed by atoms with van der Waals surface area (Å²) in [5, 5.41) is 24.8. The zero-order chi connectivity index (χ0) is 16.8. The van der Waals surface area contributed by atoms with Gasteiger partial charge in [-0.1, -0.05) is 0 Å². The van der Waals surface area contributed by atoms with Crippen molar-refractivity contribution in [1.29, 1.82) is 0 Å². The molecule has 2 aromatic heterocycles. The molecule has 6 N–H and O–H groups in total. The molecule has 3 heterocycles.